The van der Waals surface area contributed by atoms with Crippen molar-refractivity contribution < 1.29 is 4.79 Å². The summed E-state index contributed by atoms with van der Waals surface area (Å²) >= 11 is 0. The van der Waals surface area contributed by atoms with E-state index in [2.05, 4.69) is 33.0 Å². The van der Waals surface area contributed by atoms with E-state index in [-0.39, 0.29) is 24.4 Å². The average Bonchev–Trinajstić information content (AvgIpc) is 2.34. The maximum Gasteiger partial charge on any atom is 0.242 e. The Hall–Kier alpha value is -1.22. The molecular weight excluding hydrogens is 260 g/mol. The molecule has 1 aromatic carbocycles. The highest BCUT2D eigenvalue weighted by Crippen LogP contribution is 2.07. The van der Waals surface area contributed by atoms with Crippen molar-refractivity contribution in [2.75, 3.05) is 18.4 Å². The zero-order valence-corrected chi connectivity index (χ0v) is 13.0. The maximum absolute atomic E-state index is 12.2. The van der Waals surface area contributed by atoms with E-state index in [1.165, 1.54) is 0 Å². The number of rotatable bonds is 6. The topological polar surface area (TPSA) is 32.3 Å². The molecule has 0 fully saturated rings. The van der Waals surface area contributed by atoms with Gasteiger partial charge in [0.2, 0.25) is 5.91 Å². The summed E-state index contributed by atoms with van der Waals surface area (Å²) in [4.78, 5) is 14.1. The third-order valence-corrected chi connectivity index (χ3v) is 2.72. The van der Waals surface area contributed by atoms with E-state index in [0.29, 0.717) is 12.5 Å². The molecule has 0 spiro atoms. The van der Waals surface area contributed by atoms with Crippen LogP contribution in [0.2, 0.25) is 0 Å². The van der Waals surface area contributed by atoms with E-state index < -0.39 is 0 Å². The molecule has 3 nitrogen and oxygen atoms in total. The number of para-hydroxylation sites is 1. The molecule has 4 heteroatoms. The molecule has 19 heavy (non-hydrogen) atoms. The molecule has 0 aliphatic rings. The second-order valence-electron chi connectivity index (χ2n) is 5.25. The average molecular weight is 285 g/mol. The number of carbonyl (C=O) groups is 1. The van der Waals surface area contributed by atoms with E-state index in [1.807, 2.05) is 35.2 Å². The lowest BCUT2D eigenvalue weighted by molar-refractivity contribution is -0.131. The highest BCUT2D eigenvalue weighted by Gasteiger charge is 2.17. The number of carbonyl (C=O) groups excluding carboxylic acids is 1. The summed E-state index contributed by atoms with van der Waals surface area (Å²) in [5.74, 6) is 0.649. The Morgan fingerprint density at radius 1 is 1.16 bits per heavy atom. The van der Waals surface area contributed by atoms with Gasteiger partial charge in [-0.25, -0.2) is 0 Å². The van der Waals surface area contributed by atoms with Crippen LogP contribution in [0.3, 0.4) is 0 Å². The first-order valence-electron chi connectivity index (χ1n) is 6.59. The fourth-order valence-electron chi connectivity index (χ4n) is 1.83. The number of anilines is 1. The quantitative estimate of drug-likeness (QED) is 0.868. The predicted molar refractivity (Wildman–Crippen MR) is 83.9 cm³/mol. The van der Waals surface area contributed by atoms with Crippen molar-refractivity contribution in [2.24, 2.45) is 5.92 Å². The van der Waals surface area contributed by atoms with Crippen LogP contribution in [-0.4, -0.2) is 29.9 Å². The Morgan fingerprint density at radius 2 is 1.74 bits per heavy atom. The van der Waals surface area contributed by atoms with Crippen molar-refractivity contribution >= 4 is 24.0 Å². The van der Waals surface area contributed by atoms with Crippen LogP contribution in [0.25, 0.3) is 0 Å². The van der Waals surface area contributed by atoms with Gasteiger partial charge in [0.15, 0.2) is 0 Å². The molecule has 0 saturated heterocycles. The first-order chi connectivity index (χ1) is 8.50. The number of halogens is 1. The standard InChI is InChI=1S/C15H24N2O.ClH/c1-12(2)11-17(13(3)4)15(18)10-16-14-8-6-5-7-9-14;/h5-9,12-13,16H,10-11H2,1-4H3;1H. The first-order valence-corrected chi connectivity index (χ1v) is 6.59. The number of amides is 1. The van der Waals surface area contributed by atoms with Gasteiger partial charge in [-0.2, -0.15) is 0 Å². The fourth-order valence-corrected chi connectivity index (χ4v) is 1.83. The van der Waals surface area contributed by atoms with Crippen LogP contribution in [0, 0.1) is 5.92 Å². The Labute approximate surface area is 122 Å². The van der Waals surface area contributed by atoms with Gasteiger partial charge >= 0.3 is 0 Å². The largest absolute Gasteiger partial charge is 0.376 e. The lowest BCUT2D eigenvalue weighted by Gasteiger charge is -2.28. The second kappa shape index (κ2) is 8.81. The van der Waals surface area contributed by atoms with Crippen molar-refractivity contribution in [2.45, 2.75) is 33.7 Å². The summed E-state index contributed by atoms with van der Waals surface area (Å²) in [5, 5.41) is 3.16. The number of nitrogens with zero attached hydrogens (tertiary/aromatic N) is 1. The Morgan fingerprint density at radius 3 is 2.21 bits per heavy atom. The number of benzene rings is 1. The molecule has 1 rings (SSSR count). The highest BCUT2D eigenvalue weighted by atomic mass is 35.5. The summed E-state index contributed by atoms with van der Waals surface area (Å²) in [7, 11) is 0. The molecule has 0 aromatic heterocycles. The van der Waals surface area contributed by atoms with Crippen molar-refractivity contribution in [3.63, 3.8) is 0 Å². The monoisotopic (exact) mass is 284 g/mol. The number of nitrogens with one attached hydrogen (secondary N) is 1. The van der Waals surface area contributed by atoms with Gasteiger partial charge in [-0.1, -0.05) is 32.0 Å². The van der Waals surface area contributed by atoms with Crippen LogP contribution in [-0.2, 0) is 4.79 Å². The maximum atomic E-state index is 12.2. The zero-order valence-electron chi connectivity index (χ0n) is 12.2. The first kappa shape index (κ1) is 17.8. The van der Waals surface area contributed by atoms with Crippen LogP contribution >= 0.6 is 12.4 Å². The normalized spacial score (nSPS) is 10.2. The van der Waals surface area contributed by atoms with Crippen LogP contribution < -0.4 is 5.32 Å². The van der Waals surface area contributed by atoms with E-state index in [0.717, 1.165) is 12.2 Å². The van der Waals surface area contributed by atoms with Crippen molar-refractivity contribution in [1.82, 2.24) is 4.90 Å². The molecule has 0 atom stereocenters. The molecule has 1 amide bonds. The Kier molecular flexibility index (Phi) is 8.24. The summed E-state index contributed by atoms with van der Waals surface area (Å²) in [6.45, 7) is 9.55. The smallest absolute Gasteiger partial charge is 0.242 e. The molecule has 1 aromatic rings. The fraction of sp³-hybridized carbons (Fsp3) is 0.533. The van der Waals surface area contributed by atoms with Crippen LogP contribution in [0.5, 0.6) is 0 Å². The molecule has 0 saturated carbocycles. The molecule has 0 heterocycles. The second-order valence-corrected chi connectivity index (χ2v) is 5.25. The molecule has 0 aliphatic heterocycles. The minimum absolute atomic E-state index is 0. The predicted octanol–water partition coefficient (Wildman–Crippen LogP) is 3.41. The minimum Gasteiger partial charge on any atom is -0.376 e. The number of hydrogen-bond donors (Lipinski definition) is 1. The third-order valence-electron chi connectivity index (χ3n) is 2.72. The lowest BCUT2D eigenvalue weighted by atomic mass is 10.1. The number of hydrogen-bond acceptors (Lipinski definition) is 2. The van der Waals surface area contributed by atoms with E-state index in [4.69, 9.17) is 0 Å². The van der Waals surface area contributed by atoms with Crippen molar-refractivity contribution in [3.05, 3.63) is 30.3 Å². The SMILES string of the molecule is CC(C)CN(C(=O)CNc1ccccc1)C(C)C.Cl. The molecular formula is C15H25ClN2O. The summed E-state index contributed by atoms with van der Waals surface area (Å²) in [6.07, 6.45) is 0. The Balaban J connectivity index is 0.00000324. The zero-order chi connectivity index (χ0) is 13.5. The molecule has 108 valence electrons. The molecule has 0 aliphatic carbocycles. The van der Waals surface area contributed by atoms with Gasteiger partial charge in [-0.3, -0.25) is 4.79 Å². The highest BCUT2D eigenvalue weighted by molar-refractivity contribution is 5.85. The van der Waals surface area contributed by atoms with Crippen molar-refractivity contribution in [3.8, 4) is 0 Å². The van der Waals surface area contributed by atoms with Gasteiger partial charge in [-0.15, -0.1) is 12.4 Å². The summed E-state index contributed by atoms with van der Waals surface area (Å²) in [6, 6.07) is 10.1. The Bertz CT molecular complexity index is 366. The summed E-state index contributed by atoms with van der Waals surface area (Å²) in [5.41, 5.74) is 0.985. The summed E-state index contributed by atoms with van der Waals surface area (Å²) < 4.78 is 0. The molecule has 0 bridgehead atoms. The van der Waals surface area contributed by atoms with Crippen LogP contribution in [0.15, 0.2) is 30.3 Å². The van der Waals surface area contributed by atoms with Gasteiger partial charge < -0.3 is 10.2 Å². The van der Waals surface area contributed by atoms with Gasteiger partial charge in [0.25, 0.3) is 0 Å². The van der Waals surface area contributed by atoms with E-state index in [9.17, 15) is 4.79 Å². The van der Waals surface area contributed by atoms with Gasteiger partial charge in [0.1, 0.15) is 0 Å². The molecule has 1 N–H and O–H groups in total. The molecule has 0 unspecified atom stereocenters. The van der Waals surface area contributed by atoms with E-state index >= 15 is 0 Å². The minimum atomic E-state index is 0. The lowest BCUT2D eigenvalue weighted by Crippen LogP contribution is -2.42. The van der Waals surface area contributed by atoms with Gasteiger partial charge in [-0.05, 0) is 31.9 Å². The van der Waals surface area contributed by atoms with E-state index in [1.54, 1.807) is 0 Å². The van der Waals surface area contributed by atoms with Crippen LogP contribution in [0.4, 0.5) is 5.69 Å². The molecule has 0 radical (unpaired) electrons. The van der Waals surface area contributed by atoms with Gasteiger partial charge in [0, 0.05) is 18.3 Å². The van der Waals surface area contributed by atoms with Gasteiger partial charge in [0.05, 0.1) is 6.54 Å². The van der Waals surface area contributed by atoms with Crippen molar-refractivity contribution in [1.29, 1.82) is 0 Å². The third kappa shape index (κ3) is 6.48. The van der Waals surface area contributed by atoms with Crippen LogP contribution in [0.1, 0.15) is 27.7 Å².